The third-order valence-electron chi connectivity index (χ3n) is 2.80. The van der Waals surface area contributed by atoms with Crippen LogP contribution in [0.5, 0.6) is 5.75 Å². The Balaban J connectivity index is 3.32. The molecule has 0 heterocycles. The van der Waals surface area contributed by atoms with Crippen molar-refractivity contribution in [2.24, 2.45) is 0 Å². The van der Waals surface area contributed by atoms with E-state index in [-0.39, 0.29) is 12.0 Å². The lowest BCUT2D eigenvalue weighted by Gasteiger charge is -2.26. The zero-order valence-electron chi connectivity index (χ0n) is 10.7. The zero-order valence-corrected chi connectivity index (χ0v) is 12.3. The molecule has 1 aromatic carbocycles. The van der Waals surface area contributed by atoms with Gasteiger partial charge in [-0.1, -0.05) is 13.8 Å². The summed E-state index contributed by atoms with van der Waals surface area (Å²) in [6.45, 7) is 4.59. The van der Waals surface area contributed by atoms with Gasteiger partial charge < -0.3 is 14.6 Å². The van der Waals surface area contributed by atoms with E-state index in [9.17, 15) is 5.11 Å². The van der Waals surface area contributed by atoms with Crippen molar-refractivity contribution in [1.29, 1.82) is 0 Å². The van der Waals surface area contributed by atoms with Gasteiger partial charge in [-0.15, -0.1) is 0 Å². The number of aliphatic hydroxyl groups is 1. The van der Waals surface area contributed by atoms with Gasteiger partial charge in [-0.25, -0.2) is 0 Å². The fourth-order valence-electron chi connectivity index (χ4n) is 1.74. The van der Waals surface area contributed by atoms with Crippen LogP contribution < -0.4 is 4.74 Å². The number of benzene rings is 1. The fraction of sp³-hybridized carbons (Fsp3) is 0.538. The van der Waals surface area contributed by atoms with Gasteiger partial charge in [0.25, 0.3) is 0 Å². The van der Waals surface area contributed by atoms with Gasteiger partial charge in [0.15, 0.2) is 0 Å². The number of methoxy groups -OCH3 is 2. The van der Waals surface area contributed by atoms with Gasteiger partial charge in [-0.2, -0.15) is 0 Å². The van der Waals surface area contributed by atoms with Crippen molar-refractivity contribution in [2.45, 2.75) is 25.9 Å². The van der Waals surface area contributed by atoms with Crippen LogP contribution in [0, 0.1) is 0 Å². The molecule has 0 aliphatic heterocycles. The predicted octanol–water partition coefficient (Wildman–Crippen LogP) is 2.87. The Kier molecular flexibility index (Phi) is 4.98. The highest BCUT2D eigenvalue weighted by Gasteiger charge is 2.24. The van der Waals surface area contributed by atoms with Gasteiger partial charge in [0.05, 0.1) is 24.8 Å². The van der Waals surface area contributed by atoms with Crippen molar-refractivity contribution >= 4 is 15.9 Å². The predicted molar refractivity (Wildman–Crippen MR) is 71.5 cm³/mol. The zero-order chi connectivity index (χ0) is 13.1. The Hall–Kier alpha value is -0.580. The van der Waals surface area contributed by atoms with Gasteiger partial charge in [0.2, 0.25) is 0 Å². The normalized spacial score (nSPS) is 11.6. The van der Waals surface area contributed by atoms with Crippen molar-refractivity contribution < 1.29 is 14.6 Å². The van der Waals surface area contributed by atoms with Crippen molar-refractivity contribution in [3.05, 3.63) is 27.7 Å². The number of ether oxygens (including phenoxy) is 2. The number of hydrogen-bond acceptors (Lipinski definition) is 3. The van der Waals surface area contributed by atoms with E-state index in [0.717, 1.165) is 21.3 Å². The van der Waals surface area contributed by atoms with Gasteiger partial charge in [-0.05, 0) is 39.2 Å². The molecule has 0 saturated carbocycles. The van der Waals surface area contributed by atoms with Crippen LogP contribution >= 0.6 is 15.9 Å². The standard InChI is InChI=1S/C13H19BrO3/c1-13(2,8-15)10-6-11(14)12(17-4)5-9(10)7-16-3/h5-6,15H,7-8H2,1-4H3. The Labute approximate surface area is 111 Å². The Morgan fingerprint density at radius 2 is 1.94 bits per heavy atom. The smallest absolute Gasteiger partial charge is 0.133 e. The topological polar surface area (TPSA) is 38.7 Å². The minimum atomic E-state index is -0.303. The molecule has 0 bridgehead atoms. The average Bonchev–Trinajstić information content (AvgIpc) is 2.31. The molecule has 0 spiro atoms. The fourth-order valence-corrected chi connectivity index (χ4v) is 2.25. The van der Waals surface area contributed by atoms with E-state index >= 15 is 0 Å². The first-order valence-corrected chi connectivity index (χ1v) is 6.22. The van der Waals surface area contributed by atoms with Crippen LogP contribution in [-0.4, -0.2) is 25.9 Å². The van der Waals surface area contributed by atoms with Crippen LogP contribution in [0.25, 0.3) is 0 Å². The summed E-state index contributed by atoms with van der Waals surface area (Å²) in [5.74, 6) is 0.773. The van der Waals surface area contributed by atoms with Gasteiger partial charge in [0.1, 0.15) is 5.75 Å². The largest absolute Gasteiger partial charge is 0.496 e. The maximum Gasteiger partial charge on any atom is 0.133 e. The molecule has 0 radical (unpaired) electrons. The van der Waals surface area contributed by atoms with E-state index in [1.54, 1.807) is 14.2 Å². The first-order chi connectivity index (χ1) is 7.96. The first kappa shape index (κ1) is 14.5. The summed E-state index contributed by atoms with van der Waals surface area (Å²) in [5, 5.41) is 9.47. The van der Waals surface area contributed by atoms with Crippen molar-refractivity contribution in [3.63, 3.8) is 0 Å². The summed E-state index contributed by atoms with van der Waals surface area (Å²) in [5.41, 5.74) is 1.80. The van der Waals surface area contributed by atoms with E-state index in [0.29, 0.717) is 6.61 Å². The number of hydrogen-bond donors (Lipinski definition) is 1. The quantitative estimate of drug-likeness (QED) is 0.909. The number of aliphatic hydroxyl groups excluding tert-OH is 1. The Bertz CT molecular complexity index is 388. The molecular weight excluding hydrogens is 284 g/mol. The first-order valence-electron chi connectivity index (χ1n) is 5.43. The molecule has 3 nitrogen and oxygen atoms in total. The summed E-state index contributed by atoms with van der Waals surface area (Å²) < 4.78 is 11.3. The van der Waals surface area contributed by atoms with Crippen LogP contribution in [-0.2, 0) is 16.8 Å². The molecule has 0 fully saturated rings. The molecule has 17 heavy (non-hydrogen) atoms. The van der Waals surface area contributed by atoms with E-state index in [4.69, 9.17) is 9.47 Å². The monoisotopic (exact) mass is 302 g/mol. The molecule has 0 aliphatic rings. The van der Waals surface area contributed by atoms with Crippen molar-refractivity contribution in [2.75, 3.05) is 20.8 Å². The summed E-state index contributed by atoms with van der Waals surface area (Å²) in [4.78, 5) is 0. The van der Waals surface area contributed by atoms with Gasteiger partial charge in [0, 0.05) is 12.5 Å². The Morgan fingerprint density at radius 3 is 2.41 bits per heavy atom. The van der Waals surface area contributed by atoms with Crippen LogP contribution in [0.4, 0.5) is 0 Å². The summed E-state index contributed by atoms with van der Waals surface area (Å²) in [6.07, 6.45) is 0. The molecule has 1 N–H and O–H groups in total. The molecule has 0 unspecified atom stereocenters. The van der Waals surface area contributed by atoms with Crippen LogP contribution in [0.3, 0.4) is 0 Å². The second-order valence-electron chi connectivity index (χ2n) is 4.62. The molecule has 0 atom stereocenters. The van der Waals surface area contributed by atoms with E-state index in [1.807, 2.05) is 26.0 Å². The summed E-state index contributed by atoms with van der Waals surface area (Å²) >= 11 is 3.47. The molecule has 1 rings (SSSR count). The highest BCUT2D eigenvalue weighted by atomic mass is 79.9. The van der Waals surface area contributed by atoms with E-state index in [1.165, 1.54) is 0 Å². The van der Waals surface area contributed by atoms with Crippen molar-refractivity contribution in [1.82, 2.24) is 0 Å². The molecule has 0 saturated heterocycles. The lowest BCUT2D eigenvalue weighted by Crippen LogP contribution is -2.24. The Morgan fingerprint density at radius 1 is 1.29 bits per heavy atom. The second kappa shape index (κ2) is 5.85. The summed E-state index contributed by atoms with van der Waals surface area (Å²) in [7, 11) is 3.29. The average molecular weight is 303 g/mol. The van der Waals surface area contributed by atoms with Gasteiger partial charge in [-0.3, -0.25) is 0 Å². The lowest BCUT2D eigenvalue weighted by atomic mass is 9.82. The highest BCUT2D eigenvalue weighted by Crippen LogP contribution is 2.35. The number of rotatable bonds is 5. The molecule has 0 amide bonds. The lowest BCUT2D eigenvalue weighted by molar-refractivity contribution is 0.178. The maximum absolute atomic E-state index is 9.47. The minimum absolute atomic E-state index is 0.0858. The van der Waals surface area contributed by atoms with Crippen LogP contribution in [0.15, 0.2) is 16.6 Å². The van der Waals surface area contributed by atoms with Crippen LogP contribution in [0.2, 0.25) is 0 Å². The van der Waals surface area contributed by atoms with E-state index < -0.39 is 0 Å². The third kappa shape index (κ3) is 3.21. The molecule has 96 valence electrons. The summed E-state index contributed by atoms with van der Waals surface area (Å²) in [6, 6.07) is 3.93. The van der Waals surface area contributed by atoms with Crippen molar-refractivity contribution in [3.8, 4) is 5.75 Å². The highest BCUT2D eigenvalue weighted by molar-refractivity contribution is 9.10. The molecule has 1 aromatic rings. The number of halogens is 1. The second-order valence-corrected chi connectivity index (χ2v) is 5.47. The minimum Gasteiger partial charge on any atom is -0.496 e. The maximum atomic E-state index is 9.47. The molecule has 4 heteroatoms. The third-order valence-corrected chi connectivity index (χ3v) is 3.42. The SMILES string of the molecule is COCc1cc(OC)c(Br)cc1C(C)(C)CO. The van der Waals surface area contributed by atoms with Crippen LogP contribution in [0.1, 0.15) is 25.0 Å². The molecule has 0 aromatic heterocycles. The van der Waals surface area contributed by atoms with Gasteiger partial charge >= 0.3 is 0 Å². The molecular formula is C13H19BrO3. The van der Waals surface area contributed by atoms with E-state index in [2.05, 4.69) is 15.9 Å². The molecule has 0 aliphatic carbocycles.